The first-order valence-electron chi connectivity index (χ1n) is 9.43. The molecule has 0 radical (unpaired) electrons. The molecule has 0 spiro atoms. The summed E-state index contributed by atoms with van der Waals surface area (Å²) in [6.07, 6.45) is 1.70. The number of carbonyl (C=O) groups is 1. The van der Waals surface area contributed by atoms with Crippen LogP contribution >= 0.6 is 0 Å². The van der Waals surface area contributed by atoms with Crippen LogP contribution in [-0.2, 0) is 6.61 Å². The number of fused-ring (bicyclic) bond motifs is 2. The second kappa shape index (κ2) is 7.48. The second-order valence-electron chi connectivity index (χ2n) is 6.85. The van der Waals surface area contributed by atoms with Crippen molar-refractivity contribution in [3.05, 3.63) is 83.1 Å². The second-order valence-corrected chi connectivity index (χ2v) is 6.85. The molecular formula is C24H18O6. The van der Waals surface area contributed by atoms with Crippen molar-refractivity contribution in [1.82, 2.24) is 0 Å². The number of hydrogen-bond acceptors (Lipinski definition) is 6. The van der Waals surface area contributed by atoms with Crippen molar-refractivity contribution >= 4 is 11.9 Å². The third-order valence-electron chi connectivity index (χ3n) is 4.90. The van der Waals surface area contributed by atoms with E-state index in [0.29, 0.717) is 35.2 Å². The number of benzene rings is 3. The Morgan fingerprint density at radius 1 is 0.900 bits per heavy atom. The molecule has 6 nitrogen and oxygen atoms in total. The summed E-state index contributed by atoms with van der Waals surface area (Å²) in [5.74, 6) is 3.35. The smallest absolute Gasteiger partial charge is 0.231 e. The summed E-state index contributed by atoms with van der Waals surface area (Å²) in [6.45, 7) is 0.603. The lowest BCUT2D eigenvalue weighted by atomic mass is 10.1. The quantitative estimate of drug-likeness (QED) is 0.581. The van der Waals surface area contributed by atoms with Gasteiger partial charge in [-0.05, 0) is 53.6 Å². The number of methoxy groups -OCH3 is 1. The van der Waals surface area contributed by atoms with E-state index in [1.54, 1.807) is 31.4 Å². The maximum Gasteiger partial charge on any atom is 0.231 e. The summed E-state index contributed by atoms with van der Waals surface area (Å²) in [5, 5.41) is 0. The molecule has 3 aromatic rings. The summed E-state index contributed by atoms with van der Waals surface area (Å²) < 4.78 is 27.5. The Balaban J connectivity index is 1.31. The summed E-state index contributed by atoms with van der Waals surface area (Å²) in [7, 11) is 1.63. The molecule has 0 aliphatic carbocycles. The van der Waals surface area contributed by atoms with Gasteiger partial charge in [0.1, 0.15) is 23.9 Å². The fourth-order valence-electron chi connectivity index (χ4n) is 3.30. The highest BCUT2D eigenvalue weighted by atomic mass is 16.7. The first-order valence-corrected chi connectivity index (χ1v) is 9.43. The van der Waals surface area contributed by atoms with E-state index in [4.69, 9.17) is 23.7 Å². The Labute approximate surface area is 173 Å². The van der Waals surface area contributed by atoms with Gasteiger partial charge in [-0.2, -0.15) is 0 Å². The molecule has 0 bridgehead atoms. The highest BCUT2D eigenvalue weighted by Gasteiger charge is 2.28. The standard InChI is InChI=1S/C24H18O6/c1-26-17-5-2-15(3-6-17)13-27-18-7-8-19-21(12-18)30-23(24(19)25)11-16-4-9-20-22(10-16)29-14-28-20/h2-12H,13-14H2,1H3. The molecule has 2 heterocycles. The Bertz CT molecular complexity index is 1150. The molecule has 0 unspecified atom stereocenters. The highest BCUT2D eigenvalue weighted by Crippen LogP contribution is 2.37. The van der Waals surface area contributed by atoms with Crippen LogP contribution in [0.1, 0.15) is 21.5 Å². The van der Waals surface area contributed by atoms with E-state index in [0.717, 1.165) is 16.9 Å². The molecule has 0 fully saturated rings. The number of ether oxygens (including phenoxy) is 5. The van der Waals surface area contributed by atoms with Gasteiger partial charge in [0.05, 0.1) is 12.7 Å². The van der Waals surface area contributed by atoms with Crippen molar-refractivity contribution < 1.29 is 28.5 Å². The van der Waals surface area contributed by atoms with Crippen LogP contribution in [0, 0.1) is 0 Å². The van der Waals surface area contributed by atoms with Crippen LogP contribution < -0.4 is 23.7 Å². The minimum atomic E-state index is -0.163. The van der Waals surface area contributed by atoms with E-state index in [1.165, 1.54) is 0 Å². The van der Waals surface area contributed by atoms with Crippen molar-refractivity contribution in [3.8, 4) is 28.7 Å². The molecule has 5 rings (SSSR count). The Morgan fingerprint density at radius 2 is 1.70 bits per heavy atom. The van der Waals surface area contributed by atoms with Crippen molar-refractivity contribution in [2.75, 3.05) is 13.9 Å². The fraction of sp³-hybridized carbons (Fsp3) is 0.125. The summed E-state index contributed by atoms with van der Waals surface area (Å²) in [4.78, 5) is 12.7. The predicted octanol–water partition coefficient (Wildman–Crippen LogP) is 4.62. The third-order valence-corrected chi connectivity index (χ3v) is 4.90. The predicted molar refractivity (Wildman–Crippen MR) is 109 cm³/mol. The zero-order valence-electron chi connectivity index (χ0n) is 16.2. The molecule has 0 amide bonds. The first-order chi connectivity index (χ1) is 14.7. The minimum Gasteiger partial charge on any atom is -0.497 e. The minimum absolute atomic E-state index is 0.163. The van der Waals surface area contributed by atoms with Gasteiger partial charge in [-0.3, -0.25) is 4.79 Å². The SMILES string of the molecule is COc1ccc(COc2ccc3c(c2)OC(=Cc2ccc4c(c2)OCO4)C3=O)cc1. The van der Waals surface area contributed by atoms with Gasteiger partial charge < -0.3 is 23.7 Å². The zero-order valence-corrected chi connectivity index (χ0v) is 16.2. The lowest BCUT2D eigenvalue weighted by Gasteiger charge is -2.08. The van der Waals surface area contributed by atoms with E-state index >= 15 is 0 Å². The lowest BCUT2D eigenvalue weighted by molar-refractivity contribution is 0.101. The maximum absolute atomic E-state index is 12.7. The molecule has 0 saturated carbocycles. The van der Waals surface area contributed by atoms with E-state index < -0.39 is 0 Å². The first kappa shape index (κ1) is 18.1. The number of ketones is 1. The molecule has 0 atom stereocenters. The Kier molecular flexibility index (Phi) is 4.52. The average molecular weight is 402 g/mol. The van der Waals surface area contributed by atoms with Crippen molar-refractivity contribution in [3.63, 3.8) is 0 Å². The van der Waals surface area contributed by atoms with Crippen LogP contribution in [0.2, 0.25) is 0 Å². The lowest BCUT2D eigenvalue weighted by Crippen LogP contribution is -1.98. The highest BCUT2D eigenvalue weighted by molar-refractivity contribution is 6.14. The summed E-state index contributed by atoms with van der Waals surface area (Å²) in [5.41, 5.74) is 2.32. The number of carbonyl (C=O) groups excluding carboxylic acids is 1. The molecular weight excluding hydrogens is 384 g/mol. The maximum atomic E-state index is 12.7. The van der Waals surface area contributed by atoms with Gasteiger partial charge in [-0.25, -0.2) is 0 Å². The van der Waals surface area contributed by atoms with Gasteiger partial charge >= 0.3 is 0 Å². The van der Waals surface area contributed by atoms with Crippen LogP contribution in [0.5, 0.6) is 28.7 Å². The molecule has 6 heteroatoms. The van der Waals surface area contributed by atoms with Crippen LogP contribution in [0.4, 0.5) is 0 Å². The van der Waals surface area contributed by atoms with Crippen molar-refractivity contribution in [2.24, 2.45) is 0 Å². The summed E-state index contributed by atoms with van der Waals surface area (Å²) in [6, 6.07) is 18.4. The topological polar surface area (TPSA) is 63.2 Å². The van der Waals surface area contributed by atoms with E-state index in [9.17, 15) is 4.79 Å². The molecule has 3 aromatic carbocycles. The molecule has 0 aromatic heterocycles. The van der Waals surface area contributed by atoms with E-state index in [2.05, 4.69) is 0 Å². The van der Waals surface area contributed by atoms with Gasteiger partial charge in [0.15, 0.2) is 17.3 Å². The number of allylic oxidation sites excluding steroid dienone is 1. The molecule has 2 aliphatic rings. The van der Waals surface area contributed by atoms with E-state index in [-0.39, 0.29) is 18.3 Å². The molecule has 30 heavy (non-hydrogen) atoms. The van der Waals surface area contributed by atoms with Crippen molar-refractivity contribution in [1.29, 1.82) is 0 Å². The van der Waals surface area contributed by atoms with Crippen LogP contribution in [0.25, 0.3) is 6.08 Å². The Morgan fingerprint density at radius 3 is 2.53 bits per heavy atom. The van der Waals surface area contributed by atoms with Gasteiger partial charge in [-0.1, -0.05) is 18.2 Å². The zero-order chi connectivity index (χ0) is 20.5. The molecule has 0 saturated heterocycles. The number of Topliss-reactive ketones (excluding diaryl/α,β-unsaturated/α-hetero) is 1. The van der Waals surface area contributed by atoms with Gasteiger partial charge in [0.2, 0.25) is 12.6 Å². The van der Waals surface area contributed by atoms with Crippen LogP contribution in [0.3, 0.4) is 0 Å². The third kappa shape index (κ3) is 3.43. The molecule has 0 N–H and O–H groups in total. The Hall–Kier alpha value is -3.93. The number of rotatable bonds is 5. The summed E-state index contributed by atoms with van der Waals surface area (Å²) >= 11 is 0. The largest absolute Gasteiger partial charge is 0.497 e. The number of hydrogen-bond donors (Lipinski definition) is 0. The van der Waals surface area contributed by atoms with Gasteiger partial charge in [0, 0.05) is 6.07 Å². The van der Waals surface area contributed by atoms with Crippen LogP contribution in [-0.4, -0.2) is 19.7 Å². The fourth-order valence-corrected chi connectivity index (χ4v) is 3.30. The average Bonchev–Trinajstić information content (AvgIpc) is 3.36. The van der Waals surface area contributed by atoms with Crippen LogP contribution in [0.15, 0.2) is 66.4 Å². The van der Waals surface area contributed by atoms with Crippen molar-refractivity contribution in [2.45, 2.75) is 6.61 Å². The van der Waals surface area contributed by atoms with E-state index in [1.807, 2.05) is 42.5 Å². The molecule has 2 aliphatic heterocycles. The molecule has 150 valence electrons. The van der Waals surface area contributed by atoms with Gasteiger partial charge in [0.25, 0.3) is 0 Å². The normalized spacial score (nSPS) is 15.1. The van der Waals surface area contributed by atoms with Gasteiger partial charge in [-0.15, -0.1) is 0 Å². The monoisotopic (exact) mass is 402 g/mol.